The van der Waals surface area contributed by atoms with Crippen LogP contribution in [-0.2, 0) is 0 Å². The van der Waals surface area contributed by atoms with Crippen LogP contribution >= 0.6 is 0 Å². The Balaban J connectivity index is 2.22. The first kappa shape index (κ1) is 14.4. The number of hydrogen-bond acceptors (Lipinski definition) is 4. The molecule has 0 aliphatic rings. The molecule has 0 bridgehead atoms. The Morgan fingerprint density at radius 2 is 2.00 bits per heavy atom. The Morgan fingerprint density at radius 1 is 1.29 bits per heavy atom. The number of hydrogen-bond donors (Lipinski definition) is 2. The van der Waals surface area contributed by atoms with Crippen molar-refractivity contribution < 1.29 is 19.2 Å². The van der Waals surface area contributed by atoms with Gasteiger partial charge in [0.25, 0.3) is 11.6 Å². The zero-order valence-electron chi connectivity index (χ0n) is 11.0. The average Bonchev–Trinajstić information content (AvgIpc) is 2.42. The van der Waals surface area contributed by atoms with Gasteiger partial charge in [-0.05, 0) is 31.2 Å². The van der Waals surface area contributed by atoms with Crippen LogP contribution in [0.3, 0.4) is 0 Å². The van der Waals surface area contributed by atoms with Gasteiger partial charge in [-0.25, -0.2) is 4.39 Å². The van der Waals surface area contributed by atoms with E-state index in [1.165, 1.54) is 31.2 Å². The number of carbonyl (C=O) groups is 1. The van der Waals surface area contributed by atoms with E-state index in [9.17, 15) is 19.3 Å². The predicted octanol–water partition coefficient (Wildman–Crippen LogP) is 3.00. The topological polar surface area (TPSA) is 92.5 Å². The third kappa shape index (κ3) is 3.14. The summed E-state index contributed by atoms with van der Waals surface area (Å²) in [6.45, 7) is 1.52. The summed E-state index contributed by atoms with van der Waals surface area (Å²) < 4.78 is 13.2. The number of aryl methyl sites for hydroxylation is 1. The van der Waals surface area contributed by atoms with E-state index in [2.05, 4.69) is 5.32 Å². The Labute approximate surface area is 119 Å². The highest BCUT2D eigenvalue weighted by molar-refractivity contribution is 6.04. The fourth-order valence-electron chi connectivity index (χ4n) is 1.79. The Bertz CT molecular complexity index is 731. The third-order valence-electron chi connectivity index (χ3n) is 2.86. The maximum absolute atomic E-state index is 13.2. The van der Waals surface area contributed by atoms with E-state index in [0.29, 0.717) is 5.56 Å². The van der Waals surface area contributed by atoms with Gasteiger partial charge in [-0.3, -0.25) is 14.9 Å². The van der Waals surface area contributed by atoms with Gasteiger partial charge in [-0.1, -0.05) is 0 Å². The maximum Gasteiger partial charge on any atom is 0.272 e. The molecule has 0 saturated heterocycles. The van der Waals surface area contributed by atoms with Gasteiger partial charge in [-0.2, -0.15) is 0 Å². The van der Waals surface area contributed by atoms with Gasteiger partial charge in [0, 0.05) is 28.9 Å². The first-order valence-corrected chi connectivity index (χ1v) is 5.93. The molecule has 1 amide bonds. The van der Waals surface area contributed by atoms with E-state index in [1.807, 2.05) is 0 Å². The molecule has 21 heavy (non-hydrogen) atoms. The van der Waals surface area contributed by atoms with Crippen LogP contribution in [0.1, 0.15) is 15.9 Å². The Kier molecular flexibility index (Phi) is 3.84. The number of aromatic hydroxyl groups is 1. The van der Waals surface area contributed by atoms with Crippen molar-refractivity contribution in [1.29, 1.82) is 0 Å². The van der Waals surface area contributed by atoms with Crippen LogP contribution in [0.25, 0.3) is 0 Å². The molecule has 2 rings (SSSR count). The fourth-order valence-corrected chi connectivity index (χ4v) is 1.79. The first-order chi connectivity index (χ1) is 9.88. The first-order valence-electron chi connectivity index (χ1n) is 5.93. The van der Waals surface area contributed by atoms with E-state index < -0.39 is 22.4 Å². The summed E-state index contributed by atoms with van der Waals surface area (Å²) in [5.74, 6) is -1.90. The molecule has 0 saturated carbocycles. The lowest BCUT2D eigenvalue weighted by Gasteiger charge is -2.07. The number of nitro benzene ring substituents is 1. The van der Waals surface area contributed by atoms with Crippen molar-refractivity contribution in [3.05, 3.63) is 63.5 Å². The minimum atomic E-state index is -0.854. The Hall–Kier alpha value is -2.96. The van der Waals surface area contributed by atoms with Gasteiger partial charge in [0.2, 0.25) is 0 Å². The van der Waals surface area contributed by atoms with Gasteiger partial charge >= 0.3 is 0 Å². The highest BCUT2D eigenvalue weighted by Gasteiger charge is 2.14. The summed E-state index contributed by atoms with van der Waals surface area (Å²) in [6, 6.07) is 7.37. The number of amides is 1. The van der Waals surface area contributed by atoms with Crippen molar-refractivity contribution >= 4 is 17.3 Å². The second kappa shape index (κ2) is 5.58. The van der Waals surface area contributed by atoms with Crippen molar-refractivity contribution in [3.8, 4) is 5.75 Å². The largest absolute Gasteiger partial charge is 0.505 e. The summed E-state index contributed by atoms with van der Waals surface area (Å²) in [7, 11) is 0. The van der Waals surface area contributed by atoms with Crippen LogP contribution in [0.15, 0.2) is 36.4 Å². The average molecular weight is 290 g/mol. The predicted molar refractivity (Wildman–Crippen MR) is 73.9 cm³/mol. The molecule has 0 atom stereocenters. The molecule has 0 unspecified atom stereocenters. The van der Waals surface area contributed by atoms with E-state index in [4.69, 9.17) is 5.11 Å². The number of halogens is 1. The number of benzene rings is 2. The van der Waals surface area contributed by atoms with Crippen LogP contribution in [0.5, 0.6) is 5.75 Å². The molecule has 0 fully saturated rings. The molecule has 7 heteroatoms. The van der Waals surface area contributed by atoms with Crippen molar-refractivity contribution in [3.63, 3.8) is 0 Å². The summed E-state index contributed by atoms with van der Waals surface area (Å²) >= 11 is 0. The molecule has 0 aromatic heterocycles. The smallest absolute Gasteiger partial charge is 0.272 e. The molecule has 108 valence electrons. The minimum Gasteiger partial charge on any atom is -0.505 e. The number of nitrogens with one attached hydrogen (secondary N) is 1. The van der Waals surface area contributed by atoms with E-state index in [0.717, 1.165) is 12.1 Å². The SMILES string of the molecule is Cc1cc(C(=O)Nc2ccc(O)c(F)c2)ccc1[N+](=O)[O-]. The molecule has 0 aliphatic heterocycles. The van der Waals surface area contributed by atoms with Crippen molar-refractivity contribution in [2.75, 3.05) is 5.32 Å². The molecule has 2 N–H and O–H groups in total. The van der Waals surface area contributed by atoms with Gasteiger partial charge in [0.05, 0.1) is 4.92 Å². The van der Waals surface area contributed by atoms with Crippen LogP contribution < -0.4 is 5.32 Å². The molecule has 2 aromatic carbocycles. The normalized spacial score (nSPS) is 10.2. The van der Waals surface area contributed by atoms with Crippen LogP contribution in [-0.4, -0.2) is 15.9 Å². The molecule has 0 spiro atoms. The van der Waals surface area contributed by atoms with Gasteiger partial charge < -0.3 is 10.4 Å². The van der Waals surface area contributed by atoms with E-state index >= 15 is 0 Å². The highest BCUT2D eigenvalue weighted by Crippen LogP contribution is 2.22. The van der Waals surface area contributed by atoms with Gasteiger partial charge in [0.1, 0.15) is 0 Å². The van der Waals surface area contributed by atoms with Crippen molar-refractivity contribution in [1.82, 2.24) is 0 Å². The van der Waals surface area contributed by atoms with Crippen LogP contribution in [0.4, 0.5) is 15.8 Å². The van der Waals surface area contributed by atoms with Gasteiger partial charge in [0.15, 0.2) is 11.6 Å². The van der Waals surface area contributed by atoms with Crippen molar-refractivity contribution in [2.45, 2.75) is 6.92 Å². The molecule has 0 aliphatic carbocycles. The van der Waals surface area contributed by atoms with Crippen molar-refractivity contribution in [2.24, 2.45) is 0 Å². The lowest BCUT2D eigenvalue weighted by atomic mass is 10.1. The molecule has 6 nitrogen and oxygen atoms in total. The zero-order valence-corrected chi connectivity index (χ0v) is 11.0. The molecular formula is C14H11FN2O4. The molecule has 2 aromatic rings. The summed E-state index contributed by atoms with van der Waals surface area (Å²) in [5, 5.41) is 22.2. The molecule has 0 heterocycles. The number of anilines is 1. The minimum absolute atomic E-state index is 0.0813. The van der Waals surface area contributed by atoms with E-state index in [1.54, 1.807) is 0 Å². The van der Waals surface area contributed by atoms with Crippen LogP contribution in [0, 0.1) is 22.9 Å². The van der Waals surface area contributed by atoms with Gasteiger partial charge in [-0.15, -0.1) is 0 Å². The highest BCUT2D eigenvalue weighted by atomic mass is 19.1. The monoisotopic (exact) mass is 290 g/mol. The Morgan fingerprint density at radius 3 is 2.57 bits per heavy atom. The lowest BCUT2D eigenvalue weighted by Crippen LogP contribution is -2.12. The number of rotatable bonds is 3. The van der Waals surface area contributed by atoms with E-state index in [-0.39, 0.29) is 16.9 Å². The zero-order chi connectivity index (χ0) is 15.6. The molecular weight excluding hydrogens is 279 g/mol. The number of nitrogens with zero attached hydrogens (tertiary/aromatic N) is 1. The maximum atomic E-state index is 13.2. The standard InChI is InChI=1S/C14H11FN2O4/c1-8-6-9(2-4-12(8)17(20)21)14(19)16-10-3-5-13(18)11(15)7-10/h2-7,18H,1H3,(H,16,19). The number of carbonyl (C=O) groups excluding carboxylic acids is 1. The fraction of sp³-hybridized carbons (Fsp3) is 0.0714. The summed E-state index contributed by atoms with van der Waals surface area (Å²) in [5.41, 5.74) is 0.657. The number of phenolic OH excluding ortho intramolecular Hbond substituents is 1. The number of phenols is 1. The second-order valence-corrected chi connectivity index (χ2v) is 4.38. The quantitative estimate of drug-likeness (QED) is 0.516. The molecule has 0 radical (unpaired) electrons. The summed E-state index contributed by atoms with van der Waals surface area (Å²) in [4.78, 5) is 22.1. The number of nitro groups is 1. The lowest BCUT2D eigenvalue weighted by molar-refractivity contribution is -0.385. The summed E-state index contributed by atoms with van der Waals surface area (Å²) in [6.07, 6.45) is 0. The van der Waals surface area contributed by atoms with Crippen LogP contribution in [0.2, 0.25) is 0 Å². The second-order valence-electron chi connectivity index (χ2n) is 4.38. The third-order valence-corrected chi connectivity index (χ3v) is 2.86.